The summed E-state index contributed by atoms with van der Waals surface area (Å²) in [6.45, 7) is 0.583. The zero-order chi connectivity index (χ0) is 16.2. The van der Waals surface area contributed by atoms with Crippen LogP contribution in [0.2, 0.25) is 0 Å². The molecule has 0 spiro atoms. The van der Waals surface area contributed by atoms with E-state index in [1.807, 2.05) is 0 Å². The highest BCUT2D eigenvalue weighted by Gasteiger charge is 2.33. The number of halogens is 4. The molecule has 0 unspecified atom stereocenters. The molecule has 0 radical (unpaired) electrons. The number of hydrogen-bond donors (Lipinski definition) is 2. The maximum absolute atomic E-state index is 12.5. The van der Waals surface area contributed by atoms with Crippen molar-refractivity contribution >= 4 is 18.3 Å². The van der Waals surface area contributed by atoms with Gasteiger partial charge in [0, 0.05) is 12.7 Å². The van der Waals surface area contributed by atoms with Crippen molar-refractivity contribution in [3.63, 3.8) is 0 Å². The van der Waals surface area contributed by atoms with E-state index in [4.69, 9.17) is 0 Å². The van der Waals surface area contributed by atoms with Gasteiger partial charge >= 0.3 is 6.18 Å². The molecule has 2 N–H and O–H groups in total. The minimum Gasteiger partial charge on any atom is -0.351 e. The van der Waals surface area contributed by atoms with Crippen molar-refractivity contribution in [3.05, 3.63) is 47.8 Å². The fraction of sp³-hybridized carbons (Fsp3) is 0.286. The van der Waals surface area contributed by atoms with E-state index < -0.39 is 11.9 Å². The molecule has 1 aromatic heterocycles. The normalized spacial score (nSPS) is 11.0. The molecule has 0 aliphatic heterocycles. The zero-order valence-corrected chi connectivity index (χ0v) is 13.0. The molecule has 1 amide bonds. The highest BCUT2D eigenvalue weighted by molar-refractivity contribution is 5.85. The van der Waals surface area contributed by atoms with Gasteiger partial charge in [0.15, 0.2) is 5.69 Å². The molecule has 1 aromatic carbocycles. The van der Waals surface area contributed by atoms with Crippen molar-refractivity contribution in [2.24, 2.45) is 0 Å². The van der Waals surface area contributed by atoms with E-state index in [9.17, 15) is 18.0 Å². The number of aromatic nitrogens is 2. The van der Waals surface area contributed by atoms with Crippen LogP contribution in [-0.2, 0) is 17.5 Å². The monoisotopic (exact) mass is 348 g/mol. The molecule has 2 rings (SSSR count). The highest BCUT2D eigenvalue weighted by Crippen LogP contribution is 2.27. The zero-order valence-electron chi connectivity index (χ0n) is 12.2. The maximum Gasteiger partial charge on any atom is 0.435 e. The molecular weight excluding hydrogens is 333 g/mol. The lowest BCUT2D eigenvalue weighted by atomic mass is 10.2. The number of hydrogen-bond acceptors (Lipinski definition) is 3. The molecule has 0 aliphatic rings. The number of benzene rings is 1. The third-order valence-electron chi connectivity index (χ3n) is 2.91. The summed E-state index contributed by atoms with van der Waals surface area (Å²) >= 11 is 0. The lowest BCUT2D eigenvalue weighted by Crippen LogP contribution is -2.31. The van der Waals surface area contributed by atoms with E-state index in [0.717, 1.165) is 16.3 Å². The van der Waals surface area contributed by atoms with Crippen LogP contribution in [0.3, 0.4) is 0 Å². The van der Waals surface area contributed by atoms with Gasteiger partial charge in [-0.2, -0.15) is 18.3 Å². The largest absolute Gasteiger partial charge is 0.435 e. The number of amides is 1. The minimum atomic E-state index is -4.46. The van der Waals surface area contributed by atoms with Gasteiger partial charge in [-0.05, 0) is 30.8 Å². The average molecular weight is 349 g/mol. The third kappa shape index (κ3) is 5.26. The Kier molecular flexibility index (Phi) is 6.59. The van der Waals surface area contributed by atoms with Crippen LogP contribution in [0.4, 0.5) is 13.2 Å². The van der Waals surface area contributed by atoms with E-state index in [-0.39, 0.29) is 24.9 Å². The molecule has 0 saturated heterocycles. The Labute approximate surface area is 137 Å². The summed E-state index contributed by atoms with van der Waals surface area (Å²) in [7, 11) is 1.67. The second kappa shape index (κ2) is 7.98. The van der Waals surface area contributed by atoms with Crippen molar-refractivity contribution < 1.29 is 18.0 Å². The lowest BCUT2D eigenvalue weighted by molar-refractivity contribution is -0.141. The van der Waals surface area contributed by atoms with Crippen LogP contribution in [0.5, 0.6) is 0 Å². The van der Waals surface area contributed by atoms with Crippen LogP contribution in [0.1, 0.15) is 11.3 Å². The van der Waals surface area contributed by atoms with Gasteiger partial charge in [0.25, 0.3) is 0 Å². The predicted molar refractivity (Wildman–Crippen MR) is 81.6 cm³/mol. The number of alkyl halides is 3. The molecule has 0 fully saturated rings. The van der Waals surface area contributed by atoms with Crippen LogP contribution < -0.4 is 10.6 Å². The Morgan fingerprint density at radius 3 is 2.39 bits per heavy atom. The highest BCUT2D eigenvalue weighted by atomic mass is 35.5. The first-order valence-corrected chi connectivity index (χ1v) is 6.53. The fourth-order valence-corrected chi connectivity index (χ4v) is 1.81. The van der Waals surface area contributed by atoms with Crippen molar-refractivity contribution in [1.82, 2.24) is 20.4 Å². The van der Waals surface area contributed by atoms with E-state index in [0.29, 0.717) is 12.2 Å². The van der Waals surface area contributed by atoms with Crippen LogP contribution in [0, 0.1) is 0 Å². The number of carbonyl (C=O) groups excluding carboxylic acids is 1. The second-order valence-electron chi connectivity index (χ2n) is 4.62. The molecule has 1 heterocycles. The number of carbonyl (C=O) groups is 1. The van der Waals surface area contributed by atoms with Crippen LogP contribution in [-0.4, -0.2) is 29.3 Å². The quantitative estimate of drug-likeness (QED) is 0.870. The first-order chi connectivity index (χ1) is 10.4. The van der Waals surface area contributed by atoms with Crippen LogP contribution in [0.25, 0.3) is 5.69 Å². The van der Waals surface area contributed by atoms with E-state index >= 15 is 0 Å². The molecule has 5 nitrogen and oxygen atoms in total. The van der Waals surface area contributed by atoms with E-state index in [2.05, 4.69) is 15.7 Å². The van der Waals surface area contributed by atoms with Gasteiger partial charge in [-0.25, -0.2) is 4.68 Å². The van der Waals surface area contributed by atoms with E-state index in [1.165, 1.54) is 6.20 Å². The second-order valence-corrected chi connectivity index (χ2v) is 4.62. The maximum atomic E-state index is 12.5. The first kappa shape index (κ1) is 19.0. The van der Waals surface area contributed by atoms with Gasteiger partial charge in [-0.3, -0.25) is 4.79 Å². The van der Waals surface area contributed by atoms with Crippen LogP contribution in [0.15, 0.2) is 36.5 Å². The summed E-state index contributed by atoms with van der Waals surface area (Å²) in [4.78, 5) is 11.3. The summed E-state index contributed by atoms with van der Waals surface area (Å²) < 4.78 is 38.7. The van der Waals surface area contributed by atoms with Crippen molar-refractivity contribution in [3.8, 4) is 5.69 Å². The smallest absolute Gasteiger partial charge is 0.351 e. The SMILES string of the molecule is CNCC(=O)NCc1ccc(-n2ccc(C(F)(F)F)n2)cc1.Cl. The molecule has 23 heavy (non-hydrogen) atoms. The van der Waals surface area contributed by atoms with Crippen LogP contribution >= 0.6 is 12.4 Å². The molecule has 9 heteroatoms. The molecule has 0 bridgehead atoms. The average Bonchev–Trinajstić information content (AvgIpc) is 2.96. The number of nitrogens with one attached hydrogen (secondary N) is 2. The van der Waals surface area contributed by atoms with Gasteiger partial charge in [0.2, 0.25) is 5.91 Å². The first-order valence-electron chi connectivity index (χ1n) is 6.53. The summed E-state index contributed by atoms with van der Waals surface area (Å²) in [5.41, 5.74) is 0.424. The van der Waals surface area contributed by atoms with Gasteiger partial charge in [-0.1, -0.05) is 12.1 Å². The number of rotatable bonds is 5. The predicted octanol–water partition coefficient (Wildman–Crippen LogP) is 2.15. The topological polar surface area (TPSA) is 59.0 Å². The standard InChI is InChI=1S/C14H15F3N4O.ClH/c1-18-9-13(22)19-8-10-2-4-11(5-3-10)21-7-6-12(20-21)14(15,16)17;/h2-7,18H,8-9H2,1H3,(H,19,22);1H. The summed E-state index contributed by atoms with van der Waals surface area (Å²) in [6.07, 6.45) is -3.20. The van der Waals surface area contributed by atoms with E-state index in [1.54, 1.807) is 31.3 Å². The molecule has 0 atom stereocenters. The minimum absolute atomic E-state index is 0. The summed E-state index contributed by atoms with van der Waals surface area (Å²) in [5, 5.41) is 8.94. The van der Waals surface area contributed by atoms with Gasteiger partial charge in [-0.15, -0.1) is 12.4 Å². The molecule has 2 aromatic rings. The third-order valence-corrected chi connectivity index (χ3v) is 2.91. The molecule has 0 aliphatic carbocycles. The number of likely N-dealkylation sites (N-methyl/N-ethyl adjacent to an activating group) is 1. The van der Waals surface area contributed by atoms with Gasteiger partial charge in [0.05, 0.1) is 12.2 Å². The van der Waals surface area contributed by atoms with Crippen molar-refractivity contribution in [2.75, 3.05) is 13.6 Å². The molecule has 126 valence electrons. The molecular formula is C14H16ClF3N4O. The fourth-order valence-electron chi connectivity index (χ4n) is 1.81. The Morgan fingerprint density at radius 1 is 1.22 bits per heavy atom. The van der Waals surface area contributed by atoms with Gasteiger partial charge in [0.1, 0.15) is 0 Å². The van der Waals surface area contributed by atoms with Crippen molar-refractivity contribution in [1.29, 1.82) is 0 Å². The Bertz CT molecular complexity index is 640. The summed E-state index contributed by atoms with van der Waals surface area (Å²) in [5.74, 6) is -0.131. The molecule has 0 saturated carbocycles. The summed E-state index contributed by atoms with van der Waals surface area (Å²) in [6, 6.07) is 7.67. The Balaban J connectivity index is 0.00000264. The lowest BCUT2D eigenvalue weighted by Gasteiger charge is -2.07. The van der Waals surface area contributed by atoms with Gasteiger partial charge < -0.3 is 10.6 Å². The Hall–Kier alpha value is -2.06. The van der Waals surface area contributed by atoms with Crippen molar-refractivity contribution in [2.45, 2.75) is 12.7 Å². The Morgan fingerprint density at radius 2 is 1.87 bits per heavy atom. The number of nitrogens with zero attached hydrogens (tertiary/aromatic N) is 2.